The van der Waals surface area contributed by atoms with Crippen LogP contribution >= 0.6 is 23.6 Å². The number of rotatable bonds is 4. The van der Waals surface area contributed by atoms with Gasteiger partial charge in [-0.1, -0.05) is 19.1 Å². The average Bonchev–Trinajstić information content (AvgIpc) is 2.51. The standard InChI is InChI=1S/C9H15N3S2/c1-6(8(10)13)4-12(3)9-11-7(2)5-14-9/h5-6H,4H2,1-3H3,(H2,10,13). The van der Waals surface area contributed by atoms with Crippen LogP contribution in [0.15, 0.2) is 5.38 Å². The van der Waals surface area contributed by atoms with Crippen LogP contribution in [0.5, 0.6) is 0 Å². The minimum absolute atomic E-state index is 0.221. The average molecular weight is 229 g/mol. The molecule has 2 N–H and O–H groups in total. The van der Waals surface area contributed by atoms with Gasteiger partial charge in [-0.3, -0.25) is 0 Å². The van der Waals surface area contributed by atoms with Gasteiger partial charge in [0.2, 0.25) is 0 Å². The van der Waals surface area contributed by atoms with E-state index in [1.165, 1.54) is 0 Å². The van der Waals surface area contributed by atoms with Crippen LogP contribution in [0, 0.1) is 12.8 Å². The van der Waals surface area contributed by atoms with Crippen molar-refractivity contribution < 1.29 is 0 Å². The van der Waals surface area contributed by atoms with E-state index in [0.29, 0.717) is 4.99 Å². The summed E-state index contributed by atoms with van der Waals surface area (Å²) in [6.45, 7) is 4.84. The van der Waals surface area contributed by atoms with Gasteiger partial charge in [0.25, 0.3) is 0 Å². The molecule has 0 saturated carbocycles. The molecule has 1 heterocycles. The van der Waals surface area contributed by atoms with E-state index >= 15 is 0 Å². The van der Waals surface area contributed by atoms with Gasteiger partial charge in [0, 0.05) is 24.9 Å². The van der Waals surface area contributed by atoms with Crippen LogP contribution in [0.3, 0.4) is 0 Å². The Labute approximate surface area is 93.9 Å². The summed E-state index contributed by atoms with van der Waals surface area (Å²) in [5.74, 6) is 0.221. The van der Waals surface area contributed by atoms with Gasteiger partial charge < -0.3 is 10.6 Å². The molecule has 1 aromatic rings. The second-order valence-corrected chi connectivity index (χ2v) is 4.76. The van der Waals surface area contributed by atoms with Crippen molar-refractivity contribution in [3.8, 4) is 0 Å². The van der Waals surface area contributed by atoms with E-state index in [9.17, 15) is 0 Å². The van der Waals surface area contributed by atoms with E-state index < -0.39 is 0 Å². The van der Waals surface area contributed by atoms with Crippen LogP contribution in [0.1, 0.15) is 12.6 Å². The first kappa shape index (κ1) is 11.4. The highest BCUT2D eigenvalue weighted by atomic mass is 32.1. The van der Waals surface area contributed by atoms with Crippen molar-refractivity contribution in [3.63, 3.8) is 0 Å². The molecule has 0 aliphatic carbocycles. The van der Waals surface area contributed by atoms with Crippen molar-refractivity contribution in [2.75, 3.05) is 18.5 Å². The molecule has 78 valence electrons. The highest BCUT2D eigenvalue weighted by molar-refractivity contribution is 7.80. The molecule has 0 radical (unpaired) electrons. The molecule has 0 saturated heterocycles. The monoisotopic (exact) mass is 229 g/mol. The zero-order chi connectivity index (χ0) is 10.7. The Hall–Kier alpha value is -0.680. The SMILES string of the molecule is Cc1csc(N(C)CC(C)C(N)=S)n1. The number of nitrogens with two attached hydrogens (primary N) is 1. The normalized spacial score (nSPS) is 12.5. The molecule has 0 aromatic carbocycles. The first-order valence-electron chi connectivity index (χ1n) is 4.43. The lowest BCUT2D eigenvalue weighted by Gasteiger charge is -2.19. The summed E-state index contributed by atoms with van der Waals surface area (Å²) in [5.41, 5.74) is 6.61. The molecule has 14 heavy (non-hydrogen) atoms. The molecule has 0 bridgehead atoms. The van der Waals surface area contributed by atoms with E-state index in [1.54, 1.807) is 11.3 Å². The van der Waals surface area contributed by atoms with Crippen LogP contribution in [0.4, 0.5) is 5.13 Å². The fraction of sp³-hybridized carbons (Fsp3) is 0.556. The maximum absolute atomic E-state index is 5.56. The van der Waals surface area contributed by atoms with Crippen molar-refractivity contribution in [3.05, 3.63) is 11.1 Å². The Bertz CT molecular complexity index is 322. The number of hydrogen-bond donors (Lipinski definition) is 1. The van der Waals surface area contributed by atoms with E-state index in [1.807, 2.05) is 26.3 Å². The van der Waals surface area contributed by atoms with Gasteiger partial charge in [-0.15, -0.1) is 11.3 Å². The Kier molecular flexibility index (Phi) is 3.83. The quantitative estimate of drug-likeness (QED) is 0.800. The summed E-state index contributed by atoms with van der Waals surface area (Å²) in [6.07, 6.45) is 0. The van der Waals surface area contributed by atoms with E-state index in [2.05, 4.69) is 9.88 Å². The summed E-state index contributed by atoms with van der Waals surface area (Å²) >= 11 is 6.57. The lowest BCUT2D eigenvalue weighted by molar-refractivity contribution is 0.740. The topological polar surface area (TPSA) is 42.1 Å². The van der Waals surface area contributed by atoms with E-state index in [0.717, 1.165) is 17.4 Å². The smallest absolute Gasteiger partial charge is 0.185 e. The number of thiazole rings is 1. The van der Waals surface area contributed by atoms with Crippen LogP contribution in [0.2, 0.25) is 0 Å². The number of thiocarbonyl (C=S) groups is 1. The lowest BCUT2D eigenvalue weighted by atomic mass is 10.2. The third kappa shape index (κ3) is 2.92. The molecule has 1 unspecified atom stereocenters. The fourth-order valence-electron chi connectivity index (χ4n) is 1.10. The van der Waals surface area contributed by atoms with E-state index in [-0.39, 0.29) is 5.92 Å². The molecule has 0 amide bonds. The highest BCUT2D eigenvalue weighted by Crippen LogP contribution is 2.19. The maximum Gasteiger partial charge on any atom is 0.185 e. The van der Waals surface area contributed by atoms with Crippen LogP contribution in [-0.4, -0.2) is 23.6 Å². The van der Waals surface area contributed by atoms with Crippen molar-refractivity contribution in [2.45, 2.75) is 13.8 Å². The van der Waals surface area contributed by atoms with Crippen molar-refractivity contribution in [1.82, 2.24) is 4.98 Å². The fourth-order valence-corrected chi connectivity index (χ4v) is 1.95. The van der Waals surface area contributed by atoms with Crippen molar-refractivity contribution >= 4 is 33.7 Å². The molecule has 1 atom stereocenters. The Morgan fingerprint density at radius 3 is 2.86 bits per heavy atom. The Morgan fingerprint density at radius 2 is 2.43 bits per heavy atom. The first-order chi connectivity index (χ1) is 6.50. The van der Waals surface area contributed by atoms with Gasteiger partial charge >= 0.3 is 0 Å². The predicted octanol–water partition coefficient (Wildman–Crippen LogP) is 1.81. The second-order valence-electron chi connectivity index (χ2n) is 3.46. The first-order valence-corrected chi connectivity index (χ1v) is 5.72. The summed E-state index contributed by atoms with van der Waals surface area (Å²) in [4.78, 5) is 7.03. The minimum Gasteiger partial charge on any atom is -0.393 e. The summed E-state index contributed by atoms with van der Waals surface area (Å²) < 4.78 is 0. The molecule has 0 spiro atoms. The molecule has 0 aliphatic heterocycles. The van der Waals surface area contributed by atoms with Crippen molar-refractivity contribution in [1.29, 1.82) is 0 Å². The molecule has 5 heteroatoms. The van der Waals surface area contributed by atoms with Crippen LogP contribution in [-0.2, 0) is 0 Å². The summed E-state index contributed by atoms with van der Waals surface area (Å²) in [5, 5.41) is 3.06. The van der Waals surface area contributed by atoms with Gasteiger partial charge in [-0.05, 0) is 6.92 Å². The number of aromatic nitrogens is 1. The predicted molar refractivity (Wildman–Crippen MR) is 66.1 cm³/mol. The molecule has 1 rings (SSSR count). The van der Waals surface area contributed by atoms with Crippen LogP contribution in [0.25, 0.3) is 0 Å². The summed E-state index contributed by atoms with van der Waals surface area (Å²) in [7, 11) is 2.01. The maximum atomic E-state index is 5.56. The largest absolute Gasteiger partial charge is 0.393 e. The number of nitrogens with zero attached hydrogens (tertiary/aromatic N) is 2. The number of aryl methyl sites for hydroxylation is 1. The van der Waals surface area contributed by atoms with Gasteiger partial charge in [-0.2, -0.15) is 0 Å². The van der Waals surface area contributed by atoms with Gasteiger partial charge in [0.15, 0.2) is 5.13 Å². The van der Waals surface area contributed by atoms with Gasteiger partial charge in [0.05, 0.1) is 10.7 Å². The minimum atomic E-state index is 0.221. The zero-order valence-corrected chi connectivity index (χ0v) is 10.3. The zero-order valence-electron chi connectivity index (χ0n) is 8.65. The Morgan fingerprint density at radius 1 is 1.79 bits per heavy atom. The highest BCUT2D eigenvalue weighted by Gasteiger charge is 2.11. The third-order valence-corrected chi connectivity index (χ3v) is 3.44. The molecule has 0 aliphatic rings. The van der Waals surface area contributed by atoms with Crippen LogP contribution < -0.4 is 10.6 Å². The second kappa shape index (κ2) is 4.70. The van der Waals surface area contributed by atoms with Gasteiger partial charge in [0.1, 0.15) is 0 Å². The van der Waals surface area contributed by atoms with Crippen molar-refractivity contribution in [2.24, 2.45) is 11.7 Å². The number of hydrogen-bond acceptors (Lipinski definition) is 4. The van der Waals surface area contributed by atoms with E-state index in [4.69, 9.17) is 18.0 Å². The molecular weight excluding hydrogens is 214 g/mol. The lowest BCUT2D eigenvalue weighted by Crippen LogP contribution is -2.31. The molecule has 0 fully saturated rings. The molecule has 1 aromatic heterocycles. The summed E-state index contributed by atoms with van der Waals surface area (Å²) in [6, 6.07) is 0. The molecule has 3 nitrogen and oxygen atoms in total. The number of anilines is 1. The molecular formula is C9H15N3S2. The third-order valence-electron chi connectivity index (χ3n) is 1.97. The van der Waals surface area contributed by atoms with Gasteiger partial charge in [-0.25, -0.2) is 4.98 Å². The Balaban J connectivity index is 2.58.